The molecule has 0 aliphatic rings. The van der Waals surface area contributed by atoms with Crippen molar-refractivity contribution < 1.29 is 0 Å². The number of nitrogens with two attached hydrogens (primary N) is 2. The molecule has 0 spiro atoms. The maximum Gasteiger partial charge on any atom is 0.0234 e. The van der Waals surface area contributed by atoms with Crippen molar-refractivity contribution in [1.82, 2.24) is 4.90 Å². The minimum atomic E-state index is 0.706. The summed E-state index contributed by atoms with van der Waals surface area (Å²) in [5.41, 5.74) is 12.4. The summed E-state index contributed by atoms with van der Waals surface area (Å²) in [6.45, 7) is 4.39. The van der Waals surface area contributed by atoms with Gasteiger partial charge in [-0.25, -0.2) is 0 Å². The van der Waals surface area contributed by atoms with E-state index in [-0.39, 0.29) is 0 Å². The minimum Gasteiger partial charge on any atom is -0.330 e. The van der Waals surface area contributed by atoms with E-state index in [0.29, 0.717) is 6.54 Å². The molecule has 3 nitrogen and oxygen atoms in total. The molecule has 4 N–H and O–H groups in total. The summed E-state index contributed by atoms with van der Waals surface area (Å²) in [6, 6.07) is 10.5. The quantitative estimate of drug-likeness (QED) is 0.695. The fraction of sp³-hybridized carbons (Fsp3) is 0.500. The molecule has 1 aromatic carbocycles. The molecule has 15 heavy (non-hydrogen) atoms. The molecule has 0 aliphatic carbocycles. The Bertz CT molecular complexity index is 248. The lowest BCUT2D eigenvalue weighted by atomic mass is 10.2. The molecule has 0 bridgehead atoms. The Morgan fingerprint density at radius 1 is 0.933 bits per heavy atom. The summed E-state index contributed by atoms with van der Waals surface area (Å²) in [5.74, 6) is 0. The lowest BCUT2D eigenvalue weighted by Gasteiger charge is -2.21. The first kappa shape index (κ1) is 12.2. The van der Waals surface area contributed by atoms with E-state index >= 15 is 0 Å². The largest absolute Gasteiger partial charge is 0.330 e. The molecule has 0 fully saturated rings. The Morgan fingerprint density at radius 3 is 2.27 bits per heavy atom. The number of benzene rings is 1. The maximum atomic E-state index is 5.58. The predicted octanol–water partition coefficient (Wildman–Crippen LogP) is 0.796. The molecule has 84 valence electrons. The SMILES string of the molecule is NCCCN(CCN)Cc1ccccc1. The summed E-state index contributed by atoms with van der Waals surface area (Å²) in [6.07, 6.45) is 1.03. The predicted molar refractivity (Wildman–Crippen MR) is 64.4 cm³/mol. The first-order chi connectivity index (χ1) is 7.36. The molecule has 0 saturated heterocycles. The van der Waals surface area contributed by atoms with E-state index in [9.17, 15) is 0 Å². The molecule has 0 amide bonds. The van der Waals surface area contributed by atoms with E-state index in [1.807, 2.05) is 6.07 Å². The van der Waals surface area contributed by atoms with Crippen molar-refractivity contribution in [3.63, 3.8) is 0 Å². The van der Waals surface area contributed by atoms with Crippen molar-refractivity contribution in [3.05, 3.63) is 35.9 Å². The van der Waals surface area contributed by atoms with Gasteiger partial charge in [0.15, 0.2) is 0 Å². The summed E-state index contributed by atoms with van der Waals surface area (Å²) >= 11 is 0. The normalized spacial score (nSPS) is 10.9. The zero-order valence-electron chi connectivity index (χ0n) is 9.23. The lowest BCUT2D eigenvalue weighted by molar-refractivity contribution is 0.271. The van der Waals surface area contributed by atoms with Crippen LogP contribution < -0.4 is 11.5 Å². The van der Waals surface area contributed by atoms with Crippen LogP contribution in [-0.2, 0) is 6.54 Å². The van der Waals surface area contributed by atoms with Crippen LogP contribution in [0, 0.1) is 0 Å². The van der Waals surface area contributed by atoms with Crippen molar-refractivity contribution in [2.24, 2.45) is 11.5 Å². The van der Waals surface area contributed by atoms with Crippen molar-refractivity contribution in [2.75, 3.05) is 26.2 Å². The molecular formula is C12H21N3. The van der Waals surface area contributed by atoms with Crippen molar-refractivity contribution in [2.45, 2.75) is 13.0 Å². The van der Waals surface area contributed by atoms with Gasteiger partial charge in [-0.2, -0.15) is 0 Å². The fourth-order valence-corrected chi connectivity index (χ4v) is 1.61. The molecule has 0 unspecified atom stereocenters. The third-order valence-corrected chi connectivity index (χ3v) is 2.37. The molecule has 0 heterocycles. The van der Waals surface area contributed by atoms with Crippen LogP contribution in [0.1, 0.15) is 12.0 Å². The van der Waals surface area contributed by atoms with Crippen LogP contribution in [-0.4, -0.2) is 31.1 Å². The molecule has 0 aliphatic heterocycles. The summed E-state index contributed by atoms with van der Waals surface area (Å²) < 4.78 is 0. The Hall–Kier alpha value is -0.900. The summed E-state index contributed by atoms with van der Waals surface area (Å²) in [5, 5.41) is 0. The number of hydrogen-bond acceptors (Lipinski definition) is 3. The highest BCUT2D eigenvalue weighted by atomic mass is 15.1. The molecule has 0 radical (unpaired) electrons. The molecule has 0 atom stereocenters. The van der Waals surface area contributed by atoms with Crippen molar-refractivity contribution in [3.8, 4) is 0 Å². The Labute approximate surface area is 92.1 Å². The third kappa shape index (κ3) is 4.93. The second-order valence-corrected chi connectivity index (χ2v) is 3.69. The molecule has 1 rings (SSSR count). The molecule has 3 heteroatoms. The van der Waals surface area contributed by atoms with Gasteiger partial charge in [0.05, 0.1) is 0 Å². The second-order valence-electron chi connectivity index (χ2n) is 3.69. The van der Waals surface area contributed by atoms with Gasteiger partial charge < -0.3 is 11.5 Å². The van der Waals surface area contributed by atoms with Crippen molar-refractivity contribution in [1.29, 1.82) is 0 Å². The highest BCUT2D eigenvalue weighted by Crippen LogP contribution is 2.04. The fourth-order valence-electron chi connectivity index (χ4n) is 1.61. The first-order valence-electron chi connectivity index (χ1n) is 5.53. The van der Waals surface area contributed by atoms with Crippen LogP contribution in [0.4, 0.5) is 0 Å². The van der Waals surface area contributed by atoms with Gasteiger partial charge in [-0.15, -0.1) is 0 Å². The Kier molecular flexibility index (Phi) is 6.00. The number of nitrogens with zero attached hydrogens (tertiary/aromatic N) is 1. The average Bonchev–Trinajstić information content (AvgIpc) is 2.28. The van der Waals surface area contributed by atoms with E-state index < -0.39 is 0 Å². The zero-order valence-corrected chi connectivity index (χ0v) is 9.23. The van der Waals surface area contributed by atoms with Crippen LogP contribution in [0.3, 0.4) is 0 Å². The Morgan fingerprint density at radius 2 is 1.67 bits per heavy atom. The summed E-state index contributed by atoms with van der Waals surface area (Å²) in [4.78, 5) is 2.35. The van der Waals surface area contributed by atoms with Crippen LogP contribution in [0.15, 0.2) is 30.3 Å². The van der Waals surface area contributed by atoms with Crippen LogP contribution >= 0.6 is 0 Å². The first-order valence-corrected chi connectivity index (χ1v) is 5.53. The highest BCUT2D eigenvalue weighted by molar-refractivity contribution is 5.14. The molecule has 1 aromatic rings. The van der Waals surface area contributed by atoms with E-state index in [4.69, 9.17) is 11.5 Å². The molecular weight excluding hydrogens is 186 g/mol. The maximum absolute atomic E-state index is 5.58. The van der Waals surface area contributed by atoms with Crippen molar-refractivity contribution >= 4 is 0 Å². The van der Waals surface area contributed by atoms with Crippen LogP contribution in [0.25, 0.3) is 0 Å². The third-order valence-electron chi connectivity index (χ3n) is 2.37. The topological polar surface area (TPSA) is 55.3 Å². The van der Waals surface area contributed by atoms with Gasteiger partial charge in [0.2, 0.25) is 0 Å². The standard InChI is InChI=1S/C12H21N3/c13-7-4-9-15(10-8-14)11-12-5-2-1-3-6-12/h1-3,5-6H,4,7-11,13-14H2. The van der Waals surface area contributed by atoms with Gasteiger partial charge in [0.25, 0.3) is 0 Å². The van der Waals surface area contributed by atoms with Crippen LogP contribution in [0.2, 0.25) is 0 Å². The second kappa shape index (κ2) is 7.40. The number of hydrogen-bond donors (Lipinski definition) is 2. The van der Waals surface area contributed by atoms with Crippen LogP contribution in [0.5, 0.6) is 0 Å². The lowest BCUT2D eigenvalue weighted by Crippen LogP contribution is -2.31. The van der Waals surface area contributed by atoms with E-state index in [1.54, 1.807) is 0 Å². The molecule has 0 saturated carbocycles. The van der Waals surface area contributed by atoms with E-state index in [1.165, 1.54) is 5.56 Å². The zero-order chi connectivity index (χ0) is 10.9. The van der Waals surface area contributed by atoms with Gasteiger partial charge >= 0.3 is 0 Å². The van der Waals surface area contributed by atoms with E-state index in [2.05, 4.69) is 29.2 Å². The number of rotatable bonds is 7. The Balaban J connectivity index is 2.43. The van der Waals surface area contributed by atoms with E-state index in [0.717, 1.165) is 32.6 Å². The van der Waals surface area contributed by atoms with Gasteiger partial charge in [0.1, 0.15) is 0 Å². The smallest absolute Gasteiger partial charge is 0.0234 e. The van der Waals surface area contributed by atoms with Gasteiger partial charge in [-0.1, -0.05) is 30.3 Å². The van der Waals surface area contributed by atoms with Gasteiger partial charge in [0, 0.05) is 19.6 Å². The molecule has 0 aromatic heterocycles. The van der Waals surface area contributed by atoms with Gasteiger partial charge in [-0.05, 0) is 25.1 Å². The van der Waals surface area contributed by atoms with Gasteiger partial charge in [-0.3, -0.25) is 4.90 Å². The average molecular weight is 207 g/mol. The minimum absolute atomic E-state index is 0.706. The highest BCUT2D eigenvalue weighted by Gasteiger charge is 2.03. The monoisotopic (exact) mass is 207 g/mol. The summed E-state index contributed by atoms with van der Waals surface area (Å²) in [7, 11) is 0.